The molecule has 104 valence electrons. The zero-order valence-electron chi connectivity index (χ0n) is 11.2. The number of nitrogens with zero attached hydrogens (tertiary/aromatic N) is 1. The molecule has 0 bridgehead atoms. The lowest BCUT2D eigenvalue weighted by molar-refractivity contribution is -0.144. The summed E-state index contributed by atoms with van der Waals surface area (Å²) in [5, 5.41) is 0. The number of hydrogen-bond donors (Lipinski definition) is 0. The fourth-order valence-electron chi connectivity index (χ4n) is 2.54. The number of allylic oxidation sites excluding steroid dienone is 2. The van der Waals surface area contributed by atoms with E-state index < -0.39 is 5.41 Å². The number of carbonyl (C=O) groups excluding carboxylic acids is 2. The van der Waals surface area contributed by atoms with Crippen molar-refractivity contribution in [3.8, 4) is 0 Å². The molecule has 0 saturated carbocycles. The van der Waals surface area contributed by atoms with E-state index in [1.54, 1.807) is 36.4 Å². The molecule has 2 aliphatic rings. The highest BCUT2D eigenvalue weighted by Gasteiger charge is 2.52. The summed E-state index contributed by atoms with van der Waals surface area (Å²) < 4.78 is 5.24. The zero-order valence-corrected chi connectivity index (χ0v) is 12.0. The van der Waals surface area contributed by atoms with E-state index >= 15 is 0 Å². The quantitative estimate of drug-likeness (QED) is 0.452. The fraction of sp³-hybridized carbons (Fsp3) is 0.333. The summed E-state index contributed by atoms with van der Waals surface area (Å²) >= 11 is 1.44. The third-order valence-corrected chi connectivity index (χ3v) is 4.97. The molecule has 0 aliphatic carbocycles. The highest BCUT2D eigenvalue weighted by molar-refractivity contribution is 8.04. The molecule has 2 aliphatic heterocycles. The minimum absolute atomic E-state index is 0.0807. The highest BCUT2D eigenvalue weighted by Crippen LogP contribution is 2.45. The summed E-state index contributed by atoms with van der Waals surface area (Å²) in [5.41, 5.74) is -0.926. The lowest BCUT2D eigenvalue weighted by atomic mass is 9.81. The van der Waals surface area contributed by atoms with Crippen molar-refractivity contribution in [2.75, 3.05) is 19.3 Å². The van der Waals surface area contributed by atoms with Gasteiger partial charge in [0.1, 0.15) is 11.2 Å². The van der Waals surface area contributed by atoms with Crippen LogP contribution in [-0.2, 0) is 9.59 Å². The normalized spacial score (nSPS) is 28.6. The second-order valence-corrected chi connectivity index (χ2v) is 6.10. The molecule has 5 heteroatoms. The van der Waals surface area contributed by atoms with Gasteiger partial charge >= 0.3 is 0 Å². The Hall–Kier alpha value is -1.75. The fourth-order valence-corrected chi connectivity index (χ4v) is 3.84. The van der Waals surface area contributed by atoms with Gasteiger partial charge in [-0.1, -0.05) is 12.2 Å². The maximum absolute atomic E-state index is 12.7. The molecule has 4 nitrogen and oxygen atoms in total. The largest absolute Gasteiger partial charge is 0.465 e. The number of likely N-dealkylation sites (N-methyl/N-ethyl adjacent to an activating group) is 1. The van der Waals surface area contributed by atoms with Crippen LogP contribution in [0, 0.1) is 5.41 Å². The van der Waals surface area contributed by atoms with Gasteiger partial charge in [0, 0.05) is 19.3 Å². The average Bonchev–Trinajstić information content (AvgIpc) is 3.02. The van der Waals surface area contributed by atoms with Crippen molar-refractivity contribution in [1.29, 1.82) is 0 Å². The van der Waals surface area contributed by atoms with Crippen LogP contribution in [0.3, 0.4) is 0 Å². The van der Waals surface area contributed by atoms with Gasteiger partial charge in [-0.15, -0.1) is 11.8 Å². The summed E-state index contributed by atoms with van der Waals surface area (Å²) in [6, 6.07) is 3.58. The van der Waals surface area contributed by atoms with Crippen molar-refractivity contribution >= 4 is 29.5 Å². The van der Waals surface area contributed by atoms with Crippen LogP contribution in [0.1, 0.15) is 12.2 Å². The first-order valence-corrected chi connectivity index (χ1v) is 7.45. The van der Waals surface area contributed by atoms with Gasteiger partial charge in [0.05, 0.1) is 11.2 Å². The SMILES string of the molecule is CN1CC=CCC2(CS/C(=C\c3ccco3)C2=O)C1=O. The average molecular weight is 289 g/mol. The van der Waals surface area contributed by atoms with Crippen LogP contribution in [0.25, 0.3) is 6.08 Å². The van der Waals surface area contributed by atoms with Crippen LogP contribution in [0.4, 0.5) is 0 Å². The summed E-state index contributed by atoms with van der Waals surface area (Å²) in [6.07, 6.45) is 7.66. The van der Waals surface area contributed by atoms with E-state index in [1.165, 1.54) is 11.8 Å². The van der Waals surface area contributed by atoms with E-state index in [9.17, 15) is 9.59 Å². The van der Waals surface area contributed by atoms with E-state index in [0.29, 0.717) is 29.4 Å². The molecule has 1 spiro atoms. The van der Waals surface area contributed by atoms with Crippen LogP contribution in [0.5, 0.6) is 0 Å². The molecular weight excluding hydrogens is 274 g/mol. The Kier molecular flexibility index (Phi) is 3.30. The first kappa shape index (κ1) is 13.2. The Morgan fingerprint density at radius 3 is 3.00 bits per heavy atom. The molecule has 1 aromatic heterocycles. The first-order chi connectivity index (χ1) is 9.63. The minimum atomic E-state index is -0.926. The Labute approximate surface area is 121 Å². The standard InChI is InChI=1S/C15H15NO3S/c1-16-7-3-2-6-15(14(16)18)10-20-12(13(15)17)9-11-5-4-8-19-11/h2-5,8-9H,6-7,10H2,1H3/b12-9-. The van der Waals surface area contributed by atoms with Crippen LogP contribution in [-0.4, -0.2) is 35.9 Å². The molecule has 1 aromatic rings. The maximum Gasteiger partial charge on any atom is 0.237 e. The molecule has 1 saturated heterocycles. The number of ketones is 1. The Bertz CT molecular complexity index is 603. The van der Waals surface area contributed by atoms with Crippen molar-refractivity contribution < 1.29 is 14.0 Å². The summed E-state index contributed by atoms with van der Waals surface area (Å²) in [6.45, 7) is 0.565. The molecule has 3 rings (SSSR count). The predicted octanol–water partition coefficient (Wildman–Crippen LogP) is 2.34. The van der Waals surface area contributed by atoms with E-state index in [0.717, 1.165) is 0 Å². The molecule has 0 aromatic carbocycles. The number of Topliss-reactive ketones (excluding diaryl/α,β-unsaturated/α-hetero) is 1. The molecule has 0 radical (unpaired) electrons. The van der Waals surface area contributed by atoms with Crippen molar-refractivity contribution in [3.05, 3.63) is 41.2 Å². The van der Waals surface area contributed by atoms with Gasteiger partial charge in [0.25, 0.3) is 0 Å². The van der Waals surface area contributed by atoms with Gasteiger partial charge < -0.3 is 9.32 Å². The van der Waals surface area contributed by atoms with Crippen LogP contribution < -0.4 is 0 Å². The summed E-state index contributed by atoms with van der Waals surface area (Å²) in [5.74, 6) is 0.985. The van der Waals surface area contributed by atoms with Crippen LogP contribution >= 0.6 is 11.8 Å². The van der Waals surface area contributed by atoms with Crippen LogP contribution in [0.2, 0.25) is 0 Å². The maximum atomic E-state index is 12.7. The lowest BCUT2D eigenvalue weighted by Crippen LogP contribution is -2.45. The molecule has 1 unspecified atom stereocenters. The number of rotatable bonds is 1. The Morgan fingerprint density at radius 2 is 2.25 bits per heavy atom. The highest BCUT2D eigenvalue weighted by atomic mass is 32.2. The number of hydrogen-bond acceptors (Lipinski definition) is 4. The molecular formula is C15H15NO3S. The number of carbonyl (C=O) groups is 2. The van der Waals surface area contributed by atoms with E-state index in [2.05, 4.69) is 0 Å². The third-order valence-electron chi connectivity index (χ3n) is 3.72. The molecule has 1 fully saturated rings. The van der Waals surface area contributed by atoms with Crippen molar-refractivity contribution in [2.45, 2.75) is 6.42 Å². The van der Waals surface area contributed by atoms with E-state index in [-0.39, 0.29) is 11.7 Å². The summed E-state index contributed by atoms with van der Waals surface area (Å²) in [4.78, 5) is 27.5. The summed E-state index contributed by atoms with van der Waals surface area (Å²) in [7, 11) is 1.74. The zero-order chi connectivity index (χ0) is 14.2. The third kappa shape index (κ3) is 2.02. The number of furan rings is 1. The van der Waals surface area contributed by atoms with E-state index in [1.807, 2.05) is 12.2 Å². The van der Waals surface area contributed by atoms with Gasteiger partial charge in [-0.3, -0.25) is 9.59 Å². The first-order valence-electron chi connectivity index (χ1n) is 6.47. The second-order valence-electron chi connectivity index (χ2n) is 5.09. The predicted molar refractivity (Wildman–Crippen MR) is 78.0 cm³/mol. The topological polar surface area (TPSA) is 50.5 Å². The van der Waals surface area contributed by atoms with Gasteiger partial charge in [0.2, 0.25) is 5.91 Å². The Morgan fingerprint density at radius 1 is 1.40 bits per heavy atom. The monoisotopic (exact) mass is 289 g/mol. The number of thioether (sulfide) groups is 1. The molecule has 0 N–H and O–H groups in total. The van der Waals surface area contributed by atoms with Gasteiger partial charge in [0.15, 0.2) is 5.78 Å². The number of amides is 1. The molecule has 20 heavy (non-hydrogen) atoms. The van der Waals surface area contributed by atoms with E-state index in [4.69, 9.17) is 4.42 Å². The van der Waals surface area contributed by atoms with Crippen molar-refractivity contribution in [3.63, 3.8) is 0 Å². The molecule has 1 atom stereocenters. The molecule has 3 heterocycles. The molecule has 1 amide bonds. The smallest absolute Gasteiger partial charge is 0.237 e. The van der Waals surface area contributed by atoms with Gasteiger partial charge in [-0.2, -0.15) is 0 Å². The van der Waals surface area contributed by atoms with Gasteiger partial charge in [-0.25, -0.2) is 0 Å². The van der Waals surface area contributed by atoms with Gasteiger partial charge in [-0.05, 0) is 24.6 Å². The Balaban J connectivity index is 1.95. The van der Waals surface area contributed by atoms with Crippen molar-refractivity contribution in [2.24, 2.45) is 5.41 Å². The lowest BCUT2D eigenvalue weighted by Gasteiger charge is -2.26. The minimum Gasteiger partial charge on any atom is -0.465 e. The van der Waals surface area contributed by atoms with Crippen molar-refractivity contribution in [1.82, 2.24) is 4.90 Å². The second kappa shape index (κ2) is 4.98. The van der Waals surface area contributed by atoms with Crippen LogP contribution in [0.15, 0.2) is 39.9 Å².